The molecule has 0 unspecified atom stereocenters. The van der Waals surface area contributed by atoms with Gasteiger partial charge in [0.1, 0.15) is 0 Å². The summed E-state index contributed by atoms with van der Waals surface area (Å²) in [5.74, 6) is 0.916. The Hall–Kier alpha value is -1.84. The van der Waals surface area contributed by atoms with Crippen molar-refractivity contribution >= 4 is 17.5 Å². The van der Waals surface area contributed by atoms with E-state index in [1.165, 1.54) is 25.7 Å². The van der Waals surface area contributed by atoms with Crippen LogP contribution in [0.3, 0.4) is 0 Å². The van der Waals surface area contributed by atoms with Crippen molar-refractivity contribution in [3.05, 3.63) is 29.8 Å². The molecule has 4 nitrogen and oxygen atoms in total. The number of benzene rings is 1. The van der Waals surface area contributed by atoms with Gasteiger partial charge in [0, 0.05) is 31.6 Å². The number of hydrogen-bond acceptors (Lipinski definition) is 2. The van der Waals surface area contributed by atoms with Gasteiger partial charge < -0.3 is 10.2 Å². The zero-order valence-electron chi connectivity index (χ0n) is 13.7. The lowest BCUT2D eigenvalue weighted by Crippen LogP contribution is -2.34. The van der Waals surface area contributed by atoms with E-state index in [-0.39, 0.29) is 11.8 Å². The highest BCUT2D eigenvalue weighted by Crippen LogP contribution is 2.28. The molecule has 4 heteroatoms. The average Bonchev–Trinajstić information content (AvgIpc) is 3.03. The van der Waals surface area contributed by atoms with Gasteiger partial charge in [-0.05, 0) is 49.3 Å². The molecule has 2 fully saturated rings. The maximum Gasteiger partial charge on any atom is 0.224 e. The predicted molar refractivity (Wildman–Crippen MR) is 90.9 cm³/mol. The third kappa shape index (κ3) is 4.57. The number of hydrogen-bond donors (Lipinski definition) is 1. The lowest BCUT2D eigenvalue weighted by molar-refractivity contribution is -0.133. The van der Waals surface area contributed by atoms with Crippen LogP contribution in [0.15, 0.2) is 24.3 Å². The van der Waals surface area contributed by atoms with Crippen molar-refractivity contribution in [2.45, 2.75) is 57.9 Å². The van der Waals surface area contributed by atoms with Crippen LogP contribution in [0.1, 0.15) is 56.9 Å². The molecule has 0 bridgehead atoms. The second-order valence-corrected chi connectivity index (χ2v) is 6.88. The van der Waals surface area contributed by atoms with E-state index >= 15 is 0 Å². The van der Waals surface area contributed by atoms with E-state index in [4.69, 9.17) is 0 Å². The van der Waals surface area contributed by atoms with Crippen LogP contribution in [0.25, 0.3) is 0 Å². The standard InChI is InChI=1S/C19H26N2O2/c22-18(13-15-6-1-2-7-15)20-17-9-5-8-16(12-17)14-21-11-4-3-10-19(21)23/h5,8-9,12,15H,1-4,6-7,10-11,13-14H2,(H,20,22). The van der Waals surface area contributed by atoms with Crippen molar-refractivity contribution in [2.24, 2.45) is 5.92 Å². The zero-order valence-corrected chi connectivity index (χ0v) is 13.7. The summed E-state index contributed by atoms with van der Waals surface area (Å²) in [4.78, 5) is 26.0. The fraction of sp³-hybridized carbons (Fsp3) is 0.579. The summed E-state index contributed by atoms with van der Waals surface area (Å²) in [6.07, 6.45) is 8.28. The number of nitrogens with one attached hydrogen (secondary N) is 1. The van der Waals surface area contributed by atoms with Crippen LogP contribution in [-0.4, -0.2) is 23.3 Å². The molecule has 124 valence electrons. The van der Waals surface area contributed by atoms with Crippen LogP contribution in [0, 0.1) is 5.92 Å². The molecule has 0 atom stereocenters. The first-order valence-electron chi connectivity index (χ1n) is 8.87. The molecule has 0 radical (unpaired) electrons. The first-order chi connectivity index (χ1) is 11.2. The molecule has 1 N–H and O–H groups in total. The molecule has 2 amide bonds. The van der Waals surface area contributed by atoms with Crippen molar-refractivity contribution in [2.75, 3.05) is 11.9 Å². The van der Waals surface area contributed by atoms with Gasteiger partial charge in [-0.1, -0.05) is 25.0 Å². The van der Waals surface area contributed by atoms with Crippen molar-refractivity contribution in [3.8, 4) is 0 Å². The summed E-state index contributed by atoms with van der Waals surface area (Å²) in [5, 5.41) is 3.02. The Labute approximate surface area is 138 Å². The Morgan fingerprint density at radius 1 is 1.17 bits per heavy atom. The minimum atomic E-state index is 0.114. The van der Waals surface area contributed by atoms with E-state index in [1.54, 1.807) is 0 Å². The quantitative estimate of drug-likeness (QED) is 0.900. The highest BCUT2D eigenvalue weighted by Gasteiger charge is 2.19. The number of rotatable bonds is 5. The van der Waals surface area contributed by atoms with E-state index in [0.717, 1.165) is 30.6 Å². The maximum absolute atomic E-state index is 12.1. The Bertz CT molecular complexity index is 564. The summed E-state index contributed by atoms with van der Waals surface area (Å²) in [5.41, 5.74) is 1.92. The molecule has 1 heterocycles. The fourth-order valence-electron chi connectivity index (χ4n) is 3.69. The Morgan fingerprint density at radius 2 is 2.00 bits per heavy atom. The molecule has 1 saturated heterocycles. The monoisotopic (exact) mass is 314 g/mol. The lowest BCUT2D eigenvalue weighted by Gasteiger charge is -2.26. The van der Waals surface area contributed by atoms with Crippen molar-refractivity contribution in [1.82, 2.24) is 4.90 Å². The number of carbonyl (C=O) groups excluding carboxylic acids is 2. The Morgan fingerprint density at radius 3 is 2.78 bits per heavy atom. The van der Waals surface area contributed by atoms with Crippen LogP contribution in [0.2, 0.25) is 0 Å². The largest absolute Gasteiger partial charge is 0.338 e. The molecule has 23 heavy (non-hydrogen) atoms. The van der Waals surface area contributed by atoms with E-state index in [0.29, 0.717) is 25.3 Å². The average molecular weight is 314 g/mol. The smallest absolute Gasteiger partial charge is 0.224 e. The number of piperidine rings is 1. The molecule has 0 aromatic heterocycles. The molecule has 1 saturated carbocycles. The van der Waals surface area contributed by atoms with Gasteiger partial charge >= 0.3 is 0 Å². The topological polar surface area (TPSA) is 49.4 Å². The van der Waals surface area contributed by atoms with Crippen molar-refractivity contribution in [1.29, 1.82) is 0 Å². The number of amides is 2. The second kappa shape index (κ2) is 7.62. The molecule has 1 aliphatic carbocycles. The molecule has 1 aromatic rings. The predicted octanol–water partition coefficient (Wildman–Crippen LogP) is 3.72. The summed E-state index contributed by atoms with van der Waals surface area (Å²) < 4.78 is 0. The fourth-order valence-corrected chi connectivity index (χ4v) is 3.69. The van der Waals surface area contributed by atoms with Crippen LogP contribution < -0.4 is 5.32 Å². The summed E-state index contributed by atoms with van der Waals surface area (Å²) >= 11 is 0. The van der Waals surface area contributed by atoms with Gasteiger partial charge in [-0.3, -0.25) is 9.59 Å². The normalized spacial score (nSPS) is 19.1. The van der Waals surface area contributed by atoms with Crippen LogP contribution >= 0.6 is 0 Å². The highest BCUT2D eigenvalue weighted by molar-refractivity contribution is 5.91. The number of carbonyl (C=O) groups is 2. The van der Waals surface area contributed by atoms with Gasteiger partial charge in [-0.25, -0.2) is 0 Å². The van der Waals surface area contributed by atoms with E-state index in [9.17, 15) is 9.59 Å². The molecule has 1 aliphatic heterocycles. The molecule has 3 rings (SSSR count). The Balaban J connectivity index is 1.56. The minimum absolute atomic E-state index is 0.114. The molecular formula is C19H26N2O2. The van der Waals surface area contributed by atoms with Gasteiger partial charge in [0.25, 0.3) is 0 Å². The molecule has 1 aromatic carbocycles. The van der Waals surface area contributed by atoms with Crippen molar-refractivity contribution in [3.63, 3.8) is 0 Å². The van der Waals surface area contributed by atoms with Gasteiger partial charge in [-0.15, -0.1) is 0 Å². The third-order valence-electron chi connectivity index (χ3n) is 4.95. The number of likely N-dealkylation sites (tertiary alicyclic amines) is 1. The van der Waals surface area contributed by atoms with E-state index in [2.05, 4.69) is 5.32 Å². The SMILES string of the molecule is O=C(CC1CCCC1)Nc1cccc(CN2CCCCC2=O)c1. The van der Waals surface area contributed by atoms with E-state index < -0.39 is 0 Å². The first kappa shape index (κ1) is 16.0. The van der Waals surface area contributed by atoms with Crippen LogP contribution in [0.4, 0.5) is 5.69 Å². The highest BCUT2D eigenvalue weighted by atomic mass is 16.2. The second-order valence-electron chi connectivity index (χ2n) is 6.88. The minimum Gasteiger partial charge on any atom is -0.338 e. The maximum atomic E-state index is 12.1. The van der Waals surface area contributed by atoms with Crippen LogP contribution in [-0.2, 0) is 16.1 Å². The summed E-state index contributed by atoms with van der Waals surface area (Å²) in [6, 6.07) is 7.89. The van der Waals surface area contributed by atoms with Gasteiger partial charge in [0.05, 0.1) is 0 Å². The van der Waals surface area contributed by atoms with Crippen molar-refractivity contribution < 1.29 is 9.59 Å². The first-order valence-corrected chi connectivity index (χ1v) is 8.87. The summed E-state index contributed by atoms with van der Waals surface area (Å²) in [7, 11) is 0. The zero-order chi connectivity index (χ0) is 16.1. The number of anilines is 1. The third-order valence-corrected chi connectivity index (χ3v) is 4.95. The summed E-state index contributed by atoms with van der Waals surface area (Å²) in [6.45, 7) is 1.49. The van der Waals surface area contributed by atoms with Crippen LogP contribution in [0.5, 0.6) is 0 Å². The molecular weight excluding hydrogens is 288 g/mol. The van der Waals surface area contributed by atoms with Gasteiger partial charge in [0.15, 0.2) is 0 Å². The van der Waals surface area contributed by atoms with Gasteiger partial charge in [-0.2, -0.15) is 0 Å². The number of nitrogens with zero attached hydrogens (tertiary/aromatic N) is 1. The molecule has 2 aliphatic rings. The van der Waals surface area contributed by atoms with E-state index in [1.807, 2.05) is 29.2 Å². The van der Waals surface area contributed by atoms with Gasteiger partial charge in [0.2, 0.25) is 11.8 Å². The molecule has 0 spiro atoms. The lowest BCUT2D eigenvalue weighted by atomic mass is 10.0. The Kier molecular flexibility index (Phi) is 5.31.